The Kier molecular flexibility index (Phi) is 8.05. The molecule has 2 aromatic carbocycles. The Balaban J connectivity index is 0.000000181. The van der Waals surface area contributed by atoms with Crippen LogP contribution in [0.2, 0.25) is 10.0 Å². The topological polar surface area (TPSA) is 92.8 Å². The normalized spacial score (nSPS) is 25.9. The smallest absolute Gasteiger partial charge is 0.233 e. The van der Waals surface area contributed by atoms with Crippen molar-refractivity contribution in [2.24, 2.45) is 0 Å². The van der Waals surface area contributed by atoms with Crippen molar-refractivity contribution in [3.8, 4) is 0 Å². The quantitative estimate of drug-likeness (QED) is 0.484. The predicted molar refractivity (Wildman–Crippen MR) is 125 cm³/mol. The van der Waals surface area contributed by atoms with Gasteiger partial charge in [0.2, 0.25) is 12.1 Å². The number of nitrogens with zero attached hydrogens (tertiary/aromatic N) is 4. The van der Waals surface area contributed by atoms with E-state index in [1.165, 1.54) is 0 Å². The Bertz CT molecular complexity index is 864. The molecule has 0 unspecified atom stereocenters. The molecule has 32 heavy (non-hydrogen) atoms. The van der Waals surface area contributed by atoms with Crippen molar-refractivity contribution < 1.29 is 9.85 Å². The van der Waals surface area contributed by atoms with Gasteiger partial charge in [-0.2, -0.15) is 0 Å². The van der Waals surface area contributed by atoms with E-state index in [2.05, 4.69) is 0 Å². The highest BCUT2D eigenvalue weighted by atomic mass is 35.5. The van der Waals surface area contributed by atoms with Crippen LogP contribution in [0.5, 0.6) is 0 Å². The number of rotatable bonds is 4. The van der Waals surface area contributed by atoms with Gasteiger partial charge in [0, 0.05) is 33.0 Å². The second kappa shape index (κ2) is 10.6. The van der Waals surface area contributed by atoms with Crippen LogP contribution in [0.4, 0.5) is 0 Å². The number of nitro groups is 2. The summed E-state index contributed by atoms with van der Waals surface area (Å²) in [7, 11) is 3.82. The highest BCUT2D eigenvalue weighted by Gasteiger charge is 2.41. The molecular weight excluding hydrogens is 455 g/mol. The maximum Gasteiger partial charge on any atom is 0.233 e. The van der Waals surface area contributed by atoms with Crippen LogP contribution in [0.25, 0.3) is 0 Å². The van der Waals surface area contributed by atoms with E-state index >= 15 is 0 Å². The van der Waals surface area contributed by atoms with Crippen LogP contribution < -0.4 is 0 Å². The number of hydrogen-bond acceptors (Lipinski definition) is 6. The average Bonchev–Trinajstić information content (AvgIpc) is 3.33. The molecule has 0 aromatic heterocycles. The van der Waals surface area contributed by atoms with Gasteiger partial charge in [-0.3, -0.25) is 30.0 Å². The van der Waals surface area contributed by atoms with Crippen LogP contribution >= 0.6 is 23.2 Å². The van der Waals surface area contributed by atoms with Gasteiger partial charge in [0.1, 0.15) is 0 Å². The standard InChI is InChI=1S/2C11H13ClN2O2/c2*1-13-6-10(11(7-13)14(15)16)8-2-4-9(12)5-3-8/h2*2-5,10-11H,6-7H2,1H3/t2*10-,11+/m10/s1. The van der Waals surface area contributed by atoms with E-state index in [1.54, 1.807) is 24.3 Å². The van der Waals surface area contributed by atoms with E-state index in [0.717, 1.165) is 24.2 Å². The molecule has 0 amide bonds. The van der Waals surface area contributed by atoms with E-state index < -0.39 is 12.1 Å². The summed E-state index contributed by atoms with van der Waals surface area (Å²) >= 11 is 11.6. The zero-order valence-electron chi connectivity index (χ0n) is 17.9. The van der Waals surface area contributed by atoms with Gasteiger partial charge < -0.3 is 0 Å². The molecule has 8 nitrogen and oxygen atoms in total. The van der Waals surface area contributed by atoms with Gasteiger partial charge in [0.25, 0.3) is 0 Å². The van der Waals surface area contributed by atoms with Gasteiger partial charge in [-0.05, 0) is 49.5 Å². The summed E-state index contributed by atoms with van der Waals surface area (Å²) < 4.78 is 0. The third-order valence-corrected chi connectivity index (χ3v) is 6.58. The average molecular weight is 481 g/mol. The molecule has 172 valence electrons. The lowest BCUT2D eigenvalue weighted by atomic mass is 9.95. The Labute approximate surface area is 197 Å². The van der Waals surface area contributed by atoms with E-state index in [4.69, 9.17) is 23.2 Å². The molecule has 10 heteroatoms. The molecule has 2 aliphatic heterocycles. The third-order valence-electron chi connectivity index (χ3n) is 6.08. The Morgan fingerprint density at radius 3 is 1.28 bits per heavy atom. The zero-order chi connectivity index (χ0) is 23.4. The summed E-state index contributed by atoms with van der Waals surface area (Å²) in [6, 6.07) is 13.6. The largest absolute Gasteiger partial charge is 0.299 e. The summed E-state index contributed by atoms with van der Waals surface area (Å²) in [5, 5.41) is 23.2. The third kappa shape index (κ3) is 5.95. The first kappa shape index (κ1) is 24.4. The maximum atomic E-state index is 11.0. The summed E-state index contributed by atoms with van der Waals surface area (Å²) in [5.41, 5.74) is 1.99. The molecular formula is C22H26Cl2N4O4. The monoisotopic (exact) mass is 480 g/mol. The van der Waals surface area contributed by atoms with Crippen molar-refractivity contribution in [1.29, 1.82) is 0 Å². The highest BCUT2D eigenvalue weighted by Crippen LogP contribution is 2.30. The number of likely N-dealkylation sites (N-methyl/N-ethyl adjacent to an activating group) is 2. The second-order valence-corrected chi connectivity index (χ2v) is 9.34. The number of benzene rings is 2. The SMILES string of the molecule is CN1C[C@@H]([N+](=O)[O-])[C@H](c2ccc(Cl)cc2)C1.CN1C[C@H](c2ccc(Cl)cc2)[C@@H]([N+](=O)[O-])C1. The van der Waals surface area contributed by atoms with Gasteiger partial charge in [0.15, 0.2) is 0 Å². The van der Waals surface area contributed by atoms with Crippen LogP contribution in [0.1, 0.15) is 23.0 Å². The van der Waals surface area contributed by atoms with E-state index in [9.17, 15) is 20.2 Å². The lowest BCUT2D eigenvalue weighted by molar-refractivity contribution is -0.521. The molecule has 2 heterocycles. The van der Waals surface area contributed by atoms with Crippen molar-refractivity contribution in [3.63, 3.8) is 0 Å². The minimum Gasteiger partial charge on any atom is -0.299 e. The minimum atomic E-state index is -0.508. The van der Waals surface area contributed by atoms with Crippen molar-refractivity contribution in [2.75, 3.05) is 40.3 Å². The fourth-order valence-corrected chi connectivity index (χ4v) is 4.71. The van der Waals surface area contributed by atoms with Gasteiger partial charge in [-0.25, -0.2) is 0 Å². The van der Waals surface area contributed by atoms with Crippen LogP contribution in [0, 0.1) is 20.2 Å². The van der Waals surface area contributed by atoms with E-state index in [-0.39, 0.29) is 21.7 Å². The minimum absolute atomic E-state index is 0.0303. The molecule has 2 aromatic rings. The predicted octanol–water partition coefficient (Wildman–Crippen LogP) is 4.03. The van der Waals surface area contributed by atoms with Crippen LogP contribution in [-0.4, -0.2) is 72.0 Å². The summed E-state index contributed by atoms with van der Waals surface area (Å²) in [6.45, 7) is 2.49. The lowest BCUT2D eigenvalue weighted by Crippen LogP contribution is -2.27. The molecule has 4 rings (SSSR count). The summed E-state index contributed by atoms with van der Waals surface area (Å²) in [5.74, 6) is -0.0606. The molecule has 0 bridgehead atoms. The zero-order valence-corrected chi connectivity index (χ0v) is 19.4. The van der Waals surface area contributed by atoms with Gasteiger partial charge >= 0.3 is 0 Å². The molecule has 2 aliphatic rings. The first-order valence-electron chi connectivity index (χ1n) is 10.3. The number of likely N-dealkylation sites (tertiary alicyclic amines) is 2. The van der Waals surface area contributed by atoms with Crippen molar-refractivity contribution in [2.45, 2.75) is 23.9 Å². The second-order valence-electron chi connectivity index (χ2n) is 8.46. The first-order valence-corrected chi connectivity index (χ1v) is 11.1. The summed E-state index contributed by atoms with van der Waals surface area (Å²) in [6.07, 6.45) is 0. The molecule has 0 aliphatic carbocycles. The van der Waals surface area contributed by atoms with Gasteiger partial charge in [-0.1, -0.05) is 47.5 Å². The van der Waals surface area contributed by atoms with E-state index in [0.29, 0.717) is 23.1 Å². The molecule has 2 saturated heterocycles. The molecule has 0 radical (unpaired) electrons. The fraction of sp³-hybridized carbons (Fsp3) is 0.455. The summed E-state index contributed by atoms with van der Waals surface area (Å²) in [4.78, 5) is 25.5. The lowest BCUT2D eigenvalue weighted by Gasteiger charge is -2.12. The highest BCUT2D eigenvalue weighted by molar-refractivity contribution is 6.30. The van der Waals surface area contributed by atoms with Crippen LogP contribution in [0.3, 0.4) is 0 Å². The van der Waals surface area contributed by atoms with E-state index in [1.807, 2.05) is 48.2 Å². The number of halogens is 2. The van der Waals surface area contributed by atoms with Crippen molar-refractivity contribution in [3.05, 3.63) is 89.9 Å². The maximum absolute atomic E-state index is 11.0. The Morgan fingerprint density at radius 2 is 1.00 bits per heavy atom. The van der Waals surface area contributed by atoms with Gasteiger partial charge in [0.05, 0.1) is 24.9 Å². The van der Waals surface area contributed by atoms with Crippen molar-refractivity contribution >= 4 is 23.2 Å². The van der Waals surface area contributed by atoms with Crippen molar-refractivity contribution in [1.82, 2.24) is 9.80 Å². The van der Waals surface area contributed by atoms with Gasteiger partial charge in [-0.15, -0.1) is 0 Å². The molecule has 2 fully saturated rings. The van der Waals surface area contributed by atoms with Crippen LogP contribution in [0.15, 0.2) is 48.5 Å². The Morgan fingerprint density at radius 1 is 0.688 bits per heavy atom. The molecule has 4 atom stereocenters. The van der Waals surface area contributed by atoms with Crippen LogP contribution in [-0.2, 0) is 0 Å². The fourth-order valence-electron chi connectivity index (χ4n) is 4.46. The number of hydrogen-bond donors (Lipinski definition) is 0. The molecule has 0 saturated carbocycles. The first-order chi connectivity index (χ1) is 15.2. The molecule has 0 spiro atoms. The Hall–Kier alpha value is -2.26. The molecule has 0 N–H and O–H groups in total.